The smallest absolute Gasteiger partial charge is 0.129 e. The van der Waals surface area contributed by atoms with Gasteiger partial charge in [-0.15, -0.1) is 0 Å². The van der Waals surface area contributed by atoms with Gasteiger partial charge in [-0.25, -0.2) is 4.39 Å². The van der Waals surface area contributed by atoms with Gasteiger partial charge >= 0.3 is 0 Å². The first-order valence-corrected chi connectivity index (χ1v) is 6.27. The van der Waals surface area contributed by atoms with Gasteiger partial charge in [0.1, 0.15) is 11.9 Å². The highest BCUT2D eigenvalue weighted by Gasteiger charge is 2.27. The zero-order valence-electron chi connectivity index (χ0n) is 11.7. The van der Waals surface area contributed by atoms with Gasteiger partial charge in [0.25, 0.3) is 0 Å². The van der Waals surface area contributed by atoms with Crippen LogP contribution in [0.15, 0.2) is 30.5 Å². The van der Waals surface area contributed by atoms with Crippen molar-refractivity contribution < 1.29 is 9.50 Å². The summed E-state index contributed by atoms with van der Waals surface area (Å²) in [6.45, 7) is 6.06. The molecule has 19 heavy (non-hydrogen) atoms. The number of aliphatic hydroxyl groups excluding tert-OH is 1. The Kier molecular flexibility index (Phi) is 3.45. The highest BCUT2D eigenvalue weighted by molar-refractivity contribution is 5.34. The third-order valence-electron chi connectivity index (χ3n) is 3.06. The van der Waals surface area contributed by atoms with E-state index in [1.807, 2.05) is 20.8 Å². The van der Waals surface area contributed by atoms with Crippen LogP contribution in [0.25, 0.3) is 0 Å². The molecule has 0 fully saturated rings. The molecule has 0 saturated carbocycles. The van der Waals surface area contributed by atoms with Gasteiger partial charge < -0.3 is 5.11 Å². The molecule has 1 N–H and O–H groups in total. The molecule has 1 aromatic carbocycles. The van der Waals surface area contributed by atoms with E-state index in [9.17, 15) is 9.50 Å². The van der Waals surface area contributed by atoms with Gasteiger partial charge in [-0.1, -0.05) is 39.0 Å². The molecule has 0 aliphatic rings. The number of aromatic nitrogens is 2. The van der Waals surface area contributed by atoms with Crippen molar-refractivity contribution in [3.63, 3.8) is 0 Å². The SMILES string of the molecule is Cn1cc(C(O)c2ccccc2F)c(C(C)(C)C)n1. The van der Waals surface area contributed by atoms with E-state index in [2.05, 4.69) is 5.10 Å². The third-order valence-corrected chi connectivity index (χ3v) is 3.06. The lowest BCUT2D eigenvalue weighted by Crippen LogP contribution is -2.17. The van der Waals surface area contributed by atoms with E-state index in [1.165, 1.54) is 6.07 Å². The van der Waals surface area contributed by atoms with Crippen LogP contribution in [0.4, 0.5) is 4.39 Å². The Bertz CT molecular complexity index is 584. The summed E-state index contributed by atoms with van der Waals surface area (Å²) in [7, 11) is 1.80. The molecule has 1 aromatic heterocycles. The van der Waals surface area contributed by atoms with Crippen LogP contribution in [0.1, 0.15) is 43.7 Å². The second kappa shape index (κ2) is 4.78. The molecule has 4 heteroatoms. The molecule has 102 valence electrons. The lowest BCUT2D eigenvalue weighted by Gasteiger charge is -2.20. The van der Waals surface area contributed by atoms with Crippen LogP contribution in [-0.2, 0) is 12.5 Å². The van der Waals surface area contributed by atoms with E-state index in [1.54, 1.807) is 36.1 Å². The van der Waals surface area contributed by atoms with E-state index < -0.39 is 11.9 Å². The summed E-state index contributed by atoms with van der Waals surface area (Å²) in [5, 5.41) is 14.8. The van der Waals surface area contributed by atoms with Crippen LogP contribution >= 0.6 is 0 Å². The van der Waals surface area contributed by atoms with Gasteiger partial charge in [0, 0.05) is 29.8 Å². The number of aliphatic hydroxyl groups is 1. The summed E-state index contributed by atoms with van der Waals surface area (Å²) >= 11 is 0. The minimum atomic E-state index is -0.996. The van der Waals surface area contributed by atoms with Gasteiger partial charge in [-0.3, -0.25) is 4.68 Å². The third kappa shape index (κ3) is 2.68. The molecule has 1 heterocycles. The van der Waals surface area contributed by atoms with Gasteiger partial charge in [0.15, 0.2) is 0 Å². The minimum absolute atomic E-state index is 0.206. The molecule has 0 spiro atoms. The van der Waals surface area contributed by atoms with Crippen LogP contribution in [0.2, 0.25) is 0 Å². The van der Waals surface area contributed by atoms with E-state index in [0.717, 1.165) is 5.69 Å². The van der Waals surface area contributed by atoms with Gasteiger partial charge in [-0.2, -0.15) is 5.10 Å². The maximum absolute atomic E-state index is 13.8. The first-order chi connectivity index (χ1) is 8.80. The van der Waals surface area contributed by atoms with E-state index in [0.29, 0.717) is 5.56 Å². The molecule has 0 aliphatic heterocycles. The normalized spacial score (nSPS) is 13.6. The fourth-order valence-corrected chi connectivity index (χ4v) is 2.15. The molecule has 0 amide bonds. The largest absolute Gasteiger partial charge is 0.383 e. The maximum Gasteiger partial charge on any atom is 0.129 e. The molecule has 1 unspecified atom stereocenters. The summed E-state index contributed by atoms with van der Waals surface area (Å²) in [5.41, 5.74) is 1.51. The van der Waals surface area contributed by atoms with Gasteiger partial charge in [0.05, 0.1) is 5.69 Å². The number of rotatable bonds is 2. The monoisotopic (exact) mass is 262 g/mol. The molecule has 2 rings (SSSR count). The molecule has 0 bridgehead atoms. The van der Waals surface area contributed by atoms with Crippen molar-refractivity contribution in [1.29, 1.82) is 0 Å². The summed E-state index contributed by atoms with van der Waals surface area (Å²) in [6.07, 6.45) is 0.752. The Balaban J connectivity index is 2.51. The average molecular weight is 262 g/mol. The van der Waals surface area contributed by atoms with Crippen molar-refractivity contribution in [2.24, 2.45) is 7.05 Å². The van der Waals surface area contributed by atoms with Crippen molar-refractivity contribution in [3.8, 4) is 0 Å². The number of nitrogens with zero attached hydrogens (tertiary/aromatic N) is 2. The molecule has 1 atom stereocenters. The lowest BCUT2D eigenvalue weighted by molar-refractivity contribution is 0.212. The minimum Gasteiger partial charge on any atom is -0.383 e. The van der Waals surface area contributed by atoms with Crippen molar-refractivity contribution in [1.82, 2.24) is 9.78 Å². The Morgan fingerprint density at radius 1 is 1.21 bits per heavy atom. The number of hydrogen-bond donors (Lipinski definition) is 1. The first-order valence-electron chi connectivity index (χ1n) is 6.27. The molecule has 0 radical (unpaired) electrons. The predicted molar refractivity (Wildman–Crippen MR) is 72.4 cm³/mol. The Hall–Kier alpha value is -1.68. The van der Waals surface area contributed by atoms with Crippen LogP contribution in [0.3, 0.4) is 0 Å². The number of aryl methyl sites for hydroxylation is 1. The zero-order valence-corrected chi connectivity index (χ0v) is 11.7. The standard InChI is InChI=1S/C15H19FN2O/c1-15(2,3)14-11(9-18(4)17-14)13(19)10-7-5-6-8-12(10)16/h5-9,13,19H,1-4H3. The molecular formula is C15H19FN2O. The highest BCUT2D eigenvalue weighted by atomic mass is 19.1. The highest BCUT2D eigenvalue weighted by Crippen LogP contribution is 2.32. The topological polar surface area (TPSA) is 38.0 Å². The van der Waals surface area contributed by atoms with Crippen LogP contribution in [0.5, 0.6) is 0 Å². The summed E-state index contributed by atoms with van der Waals surface area (Å²) in [4.78, 5) is 0. The molecule has 0 aliphatic carbocycles. The second-order valence-electron chi connectivity index (χ2n) is 5.78. The van der Waals surface area contributed by atoms with E-state index in [4.69, 9.17) is 0 Å². The van der Waals surface area contributed by atoms with Crippen LogP contribution < -0.4 is 0 Å². The number of benzene rings is 1. The van der Waals surface area contributed by atoms with Gasteiger partial charge in [-0.05, 0) is 6.07 Å². The van der Waals surface area contributed by atoms with Crippen molar-refractivity contribution in [3.05, 3.63) is 53.1 Å². The predicted octanol–water partition coefficient (Wildman–Crippen LogP) is 2.94. The fourth-order valence-electron chi connectivity index (χ4n) is 2.15. The number of halogens is 1. The van der Waals surface area contributed by atoms with E-state index in [-0.39, 0.29) is 11.0 Å². The van der Waals surface area contributed by atoms with Gasteiger partial charge in [0.2, 0.25) is 0 Å². The Morgan fingerprint density at radius 3 is 2.42 bits per heavy atom. The molecule has 2 aromatic rings. The first kappa shape index (κ1) is 13.7. The quantitative estimate of drug-likeness (QED) is 0.903. The molecular weight excluding hydrogens is 243 g/mol. The maximum atomic E-state index is 13.8. The summed E-state index contributed by atoms with van der Waals surface area (Å²) in [6, 6.07) is 6.28. The molecule has 0 saturated heterocycles. The van der Waals surface area contributed by atoms with Crippen molar-refractivity contribution >= 4 is 0 Å². The van der Waals surface area contributed by atoms with Crippen LogP contribution in [-0.4, -0.2) is 14.9 Å². The fraction of sp³-hybridized carbons (Fsp3) is 0.400. The summed E-state index contributed by atoms with van der Waals surface area (Å²) in [5.74, 6) is -0.404. The Morgan fingerprint density at radius 2 is 1.84 bits per heavy atom. The van der Waals surface area contributed by atoms with Crippen molar-refractivity contribution in [2.75, 3.05) is 0 Å². The number of hydrogen-bond acceptors (Lipinski definition) is 2. The van der Waals surface area contributed by atoms with E-state index >= 15 is 0 Å². The molecule has 3 nitrogen and oxygen atoms in total. The summed E-state index contributed by atoms with van der Waals surface area (Å²) < 4.78 is 15.4. The second-order valence-corrected chi connectivity index (χ2v) is 5.78. The van der Waals surface area contributed by atoms with Crippen LogP contribution in [0, 0.1) is 5.82 Å². The Labute approximate surface area is 112 Å². The lowest BCUT2D eigenvalue weighted by atomic mass is 9.87. The van der Waals surface area contributed by atoms with Crippen molar-refractivity contribution in [2.45, 2.75) is 32.3 Å². The zero-order chi connectivity index (χ0) is 14.2. The average Bonchev–Trinajstić information content (AvgIpc) is 2.71.